The Bertz CT molecular complexity index is 387. The van der Waals surface area contributed by atoms with Crippen LogP contribution in [0.1, 0.15) is 84.0 Å². The molecule has 0 spiro atoms. The molecule has 2 unspecified atom stereocenters. The summed E-state index contributed by atoms with van der Waals surface area (Å²) in [4.78, 5) is 11.6. The number of unbranched alkanes of at least 4 members (excludes halogenated alkanes) is 10. The molecule has 0 rings (SSSR count). The molecule has 0 saturated heterocycles. The number of rotatable bonds is 19. The molecule has 0 aromatic carbocycles. The second-order valence-electron chi connectivity index (χ2n) is 8.57. The van der Waals surface area contributed by atoms with Crippen LogP contribution in [0.2, 0.25) is 0 Å². The predicted octanol–water partition coefficient (Wildman–Crippen LogP) is 4.26. The smallest absolute Gasteiger partial charge is 0.268 e. The zero-order chi connectivity index (χ0) is 20.6. The SMILES string of the molecule is CCCCCCCCCCCCCC(O)COP(=O)([O-])OCC[N+](C)(C)C. The fraction of sp³-hybridized carbons (Fsp3) is 1.00. The van der Waals surface area contributed by atoms with E-state index in [1.165, 1.54) is 57.8 Å². The van der Waals surface area contributed by atoms with Gasteiger partial charge in [0, 0.05) is 0 Å². The Balaban J connectivity index is 3.52. The Labute approximate surface area is 167 Å². The predicted molar refractivity (Wildman–Crippen MR) is 109 cm³/mol. The van der Waals surface area contributed by atoms with Gasteiger partial charge in [0.2, 0.25) is 0 Å². The number of aliphatic hydroxyl groups is 1. The Hall–Kier alpha value is 0.0300. The minimum atomic E-state index is -4.32. The van der Waals surface area contributed by atoms with Gasteiger partial charge in [0.05, 0.1) is 33.9 Å². The standard InChI is InChI=1S/C20H44NO5P/c1-5-6-7-8-9-10-11-12-13-14-15-16-20(22)19-26-27(23,24)25-18-17-21(2,3)4/h20,22H,5-19H2,1-4H3. The maximum absolute atomic E-state index is 11.6. The van der Waals surface area contributed by atoms with E-state index in [4.69, 9.17) is 9.05 Å². The largest absolute Gasteiger partial charge is 0.756 e. The van der Waals surface area contributed by atoms with Crippen LogP contribution >= 0.6 is 7.82 Å². The molecule has 1 N–H and O–H groups in total. The molecule has 0 radical (unpaired) electrons. The molecule has 0 aliphatic rings. The van der Waals surface area contributed by atoms with Gasteiger partial charge in [-0.05, 0) is 6.42 Å². The second kappa shape index (κ2) is 15.9. The first-order valence-corrected chi connectivity index (χ1v) is 12.2. The average molecular weight is 410 g/mol. The summed E-state index contributed by atoms with van der Waals surface area (Å²) in [5.74, 6) is 0. The lowest BCUT2D eigenvalue weighted by Gasteiger charge is -2.27. The fourth-order valence-corrected chi connectivity index (χ4v) is 3.50. The first-order valence-electron chi connectivity index (χ1n) is 10.7. The van der Waals surface area contributed by atoms with E-state index in [-0.39, 0.29) is 13.2 Å². The molecule has 0 saturated carbocycles. The Morgan fingerprint density at radius 2 is 1.37 bits per heavy atom. The highest BCUT2D eigenvalue weighted by Crippen LogP contribution is 2.38. The molecule has 0 heterocycles. The van der Waals surface area contributed by atoms with Crippen LogP contribution in [-0.2, 0) is 13.6 Å². The molecular formula is C20H44NO5P. The van der Waals surface area contributed by atoms with Crippen molar-refractivity contribution < 1.29 is 28.1 Å². The second-order valence-corrected chi connectivity index (χ2v) is 9.98. The van der Waals surface area contributed by atoms with E-state index in [1.807, 2.05) is 21.1 Å². The lowest BCUT2D eigenvalue weighted by Crippen LogP contribution is -2.37. The third-order valence-electron chi connectivity index (χ3n) is 4.58. The zero-order valence-corrected chi connectivity index (χ0v) is 19.1. The molecule has 0 aromatic heterocycles. The van der Waals surface area contributed by atoms with Crippen molar-refractivity contribution >= 4 is 7.82 Å². The van der Waals surface area contributed by atoms with Crippen molar-refractivity contribution in [1.29, 1.82) is 0 Å². The fourth-order valence-electron chi connectivity index (χ4n) is 2.77. The molecule has 0 bridgehead atoms. The molecular weight excluding hydrogens is 365 g/mol. The maximum atomic E-state index is 11.6. The van der Waals surface area contributed by atoms with E-state index in [9.17, 15) is 14.6 Å². The van der Waals surface area contributed by atoms with Gasteiger partial charge in [-0.1, -0.05) is 77.6 Å². The number of likely N-dealkylation sites (N-methyl/N-ethyl adjacent to an activating group) is 1. The zero-order valence-electron chi connectivity index (χ0n) is 18.2. The monoisotopic (exact) mass is 409 g/mol. The van der Waals surface area contributed by atoms with Gasteiger partial charge in [-0.3, -0.25) is 4.57 Å². The van der Waals surface area contributed by atoms with Crippen LogP contribution in [-0.4, -0.2) is 56.6 Å². The van der Waals surface area contributed by atoms with Gasteiger partial charge in [0.25, 0.3) is 7.82 Å². The van der Waals surface area contributed by atoms with Crippen molar-refractivity contribution in [2.24, 2.45) is 0 Å². The molecule has 0 aliphatic carbocycles. The van der Waals surface area contributed by atoms with Gasteiger partial charge < -0.3 is 23.5 Å². The number of quaternary nitrogens is 1. The highest BCUT2D eigenvalue weighted by molar-refractivity contribution is 7.45. The van der Waals surface area contributed by atoms with Crippen LogP contribution in [0.25, 0.3) is 0 Å². The van der Waals surface area contributed by atoms with Gasteiger partial charge in [-0.25, -0.2) is 0 Å². The molecule has 27 heavy (non-hydrogen) atoms. The van der Waals surface area contributed by atoms with Crippen molar-refractivity contribution in [3.8, 4) is 0 Å². The van der Waals surface area contributed by atoms with Gasteiger partial charge in [0.15, 0.2) is 0 Å². The summed E-state index contributed by atoms with van der Waals surface area (Å²) >= 11 is 0. The number of aliphatic hydroxyl groups excluding tert-OH is 1. The Morgan fingerprint density at radius 1 is 0.889 bits per heavy atom. The minimum Gasteiger partial charge on any atom is -0.756 e. The van der Waals surface area contributed by atoms with E-state index >= 15 is 0 Å². The van der Waals surface area contributed by atoms with Crippen LogP contribution in [0.3, 0.4) is 0 Å². The third kappa shape index (κ3) is 20.6. The summed E-state index contributed by atoms with van der Waals surface area (Å²) < 4.78 is 21.9. The van der Waals surface area contributed by atoms with Crippen LogP contribution in [0.4, 0.5) is 0 Å². The molecule has 2 atom stereocenters. The lowest BCUT2D eigenvalue weighted by molar-refractivity contribution is -0.870. The van der Waals surface area contributed by atoms with Crippen molar-refractivity contribution in [2.45, 2.75) is 90.1 Å². The molecule has 0 fully saturated rings. The van der Waals surface area contributed by atoms with Gasteiger partial charge in [-0.2, -0.15) is 0 Å². The van der Waals surface area contributed by atoms with Crippen LogP contribution in [0.5, 0.6) is 0 Å². The first kappa shape index (κ1) is 27.0. The topological polar surface area (TPSA) is 78.8 Å². The molecule has 164 valence electrons. The Kier molecular flexibility index (Phi) is 15.9. The van der Waals surface area contributed by atoms with E-state index in [1.54, 1.807) is 0 Å². The van der Waals surface area contributed by atoms with Crippen molar-refractivity contribution in [2.75, 3.05) is 40.9 Å². The first-order chi connectivity index (χ1) is 12.7. The summed E-state index contributed by atoms with van der Waals surface area (Å²) in [6.45, 7) is 2.67. The number of hydrogen-bond acceptors (Lipinski definition) is 5. The average Bonchev–Trinajstić information content (AvgIpc) is 2.56. The van der Waals surface area contributed by atoms with Crippen molar-refractivity contribution in [1.82, 2.24) is 0 Å². The molecule has 0 amide bonds. The summed E-state index contributed by atoms with van der Waals surface area (Å²) in [7, 11) is 1.55. The van der Waals surface area contributed by atoms with Crippen molar-refractivity contribution in [3.63, 3.8) is 0 Å². The highest BCUT2D eigenvalue weighted by Gasteiger charge is 2.15. The summed E-state index contributed by atoms with van der Waals surface area (Å²) in [6, 6.07) is 0. The Morgan fingerprint density at radius 3 is 1.85 bits per heavy atom. The normalized spacial score (nSPS) is 15.6. The van der Waals surface area contributed by atoms with Crippen LogP contribution < -0.4 is 4.89 Å². The number of hydrogen-bond donors (Lipinski definition) is 1. The quantitative estimate of drug-likeness (QED) is 0.196. The molecule has 6 nitrogen and oxygen atoms in total. The third-order valence-corrected chi connectivity index (χ3v) is 5.54. The summed E-state index contributed by atoms with van der Waals surface area (Å²) in [6.07, 6.45) is 13.6. The summed E-state index contributed by atoms with van der Waals surface area (Å²) in [5, 5.41) is 9.87. The van der Waals surface area contributed by atoms with E-state index in [0.29, 0.717) is 17.4 Å². The number of phosphoric acid groups is 1. The summed E-state index contributed by atoms with van der Waals surface area (Å²) in [5.41, 5.74) is 0. The molecule has 7 heteroatoms. The van der Waals surface area contributed by atoms with Crippen LogP contribution in [0, 0.1) is 0 Å². The number of nitrogens with zero attached hydrogens (tertiary/aromatic N) is 1. The van der Waals surface area contributed by atoms with E-state index in [2.05, 4.69) is 6.92 Å². The molecule has 0 aliphatic heterocycles. The van der Waals surface area contributed by atoms with Gasteiger partial charge in [-0.15, -0.1) is 0 Å². The van der Waals surface area contributed by atoms with E-state index in [0.717, 1.165) is 12.8 Å². The van der Waals surface area contributed by atoms with Gasteiger partial charge >= 0.3 is 0 Å². The number of phosphoric ester groups is 1. The van der Waals surface area contributed by atoms with E-state index < -0.39 is 13.9 Å². The lowest BCUT2D eigenvalue weighted by atomic mass is 10.0. The van der Waals surface area contributed by atoms with Crippen LogP contribution in [0.15, 0.2) is 0 Å². The maximum Gasteiger partial charge on any atom is 0.268 e. The van der Waals surface area contributed by atoms with Crippen molar-refractivity contribution in [3.05, 3.63) is 0 Å². The minimum absolute atomic E-state index is 0.0823. The highest BCUT2D eigenvalue weighted by atomic mass is 31.2. The van der Waals surface area contributed by atoms with Gasteiger partial charge in [0.1, 0.15) is 13.2 Å². The molecule has 0 aromatic rings.